The second kappa shape index (κ2) is 6.95. The zero-order valence-electron chi connectivity index (χ0n) is 12.5. The molecule has 2 N–H and O–H groups in total. The molecule has 9 heteroatoms. The monoisotopic (exact) mass is 323 g/mol. The van der Waals surface area contributed by atoms with Gasteiger partial charge in [-0.05, 0) is 31.9 Å². The number of hydrazine groups is 1. The van der Waals surface area contributed by atoms with Crippen LogP contribution < -0.4 is 0 Å². The number of Topliss-reactive ketones (excluding diaryl/α,β-unsaturated/α-hetero) is 1. The molecule has 1 saturated heterocycles. The number of hydrogen-bond donors (Lipinski definition) is 2. The summed E-state index contributed by atoms with van der Waals surface area (Å²) in [6, 6.07) is 5.06. The maximum absolute atomic E-state index is 12.2. The summed E-state index contributed by atoms with van der Waals surface area (Å²) in [5, 5.41) is 33.4. The number of carbonyl (C=O) groups excluding carboxylic acids is 2. The van der Waals surface area contributed by atoms with Gasteiger partial charge >= 0.3 is 5.97 Å². The van der Waals surface area contributed by atoms with Gasteiger partial charge in [-0.2, -0.15) is 0 Å². The van der Waals surface area contributed by atoms with Crippen molar-refractivity contribution in [3.05, 3.63) is 35.0 Å². The number of aromatic hydroxyl groups is 1. The third-order valence-corrected chi connectivity index (χ3v) is 3.67. The van der Waals surface area contributed by atoms with Gasteiger partial charge in [-0.1, -0.05) is 12.1 Å². The SMILES string of the molecule is CC(=O)C(OC(=O)c1ccccc1O)C1CCCN1[N+]([O-])=NO. The van der Waals surface area contributed by atoms with E-state index in [0.717, 1.165) is 5.01 Å². The van der Waals surface area contributed by atoms with E-state index in [2.05, 4.69) is 5.28 Å². The molecule has 0 radical (unpaired) electrons. The van der Waals surface area contributed by atoms with E-state index < -0.39 is 23.9 Å². The third-order valence-electron chi connectivity index (χ3n) is 3.67. The summed E-state index contributed by atoms with van der Waals surface area (Å²) in [7, 11) is 0. The first-order valence-electron chi connectivity index (χ1n) is 7.04. The maximum atomic E-state index is 12.2. The highest BCUT2D eigenvalue weighted by Crippen LogP contribution is 2.25. The lowest BCUT2D eigenvalue weighted by molar-refractivity contribution is -0.714. The molecule has 1 aliphatic rings. The summed E-state index contributed by atoms with van der Waals surface area (Å²) < 4.78 is 5.21. The van der Waals surface area contributed by atoms with Crippen molar-refractivity contribution in [3.8, 4) is 5.75 Å². The second-order valence-corrected chi connectivity index (χ2v) is 5.17. The number of carbonyl (C=O) groups is 2. The number of nitrogens with zero attached hydrogens (tertiary/aromatic N) is 3. The second-order valence-electron chi connectivity index (χ2n) is 5.17. The van der Waals surface area contributed by atoms with Gasteiger partial charge in [0.25, 0.3) is 0 Å². The largest absolute Gasteiger partial charge is 0.569 e. The Kier molecular flexibility index (Phi) is 4.99. The standard InChI is InChI=1S/C14H17N3O6/c1-9(18)13(11-6-4-8-16(11)17(22)15-21)23-14(20)10-5-2-3-7-12(10)19/h2-3,5,7,11,13,19,21H,4,6,8H2,1H3. The molecule has 0 saturated carbocycles. The normalized spacial score (nSPS) is 19.4. The fourth-order valence-corrected chi connectivity index (χ4v) is 2.61. The Morgan fingerprint density at radius 2 is 2.17 bits per heavy atom. The molecule has 0 bridgehead atoms. The molecule has 2 rings (SSSR count). The van der Waals surface area contributed by atoms with Crippen molar-refractivity contribution in [1.82, 2.24) is 5.01 Å². The molecule has 2 unspecified atom stereocenters. The van der Waals surface area contributed by atoms with Crippen molar-refractivity contribution in [2.45, 2.75) is 31.9 Å². The van der Waals surface area contributed by atoms with E-state index in [9.17, 15) is 19.9 Å². The highest BCUT2D eigenvalue weighted by molar-refractivity contribution is 5.94. The summed E-state index contributed by atoms with van der Waals surface area (Å²) in [6.45, 7) is 1.51. The number of ether oxygens (including phenoxy) is 1. The molecule has 2 atom stereocenters. The van der Waals surface area contributed by atoms with Crippen LogP contribution in [0.4, 0.5) is 0 Å². The molecule has 0 aromatic heterocycles. The van der Waals surface area contributed by atoms with Crippen LogP contribution in [0.2, 0.25) is 0 Å². The molecule has 0 aliphatic carbocycles. The Labute approximate surface area is 131 Å². The van der Waals surface area contributed by atoms with Crippen LogP contribution >= 0.6 is 0 Å². The van der Waals surface area contributed by atoms with Crippen molar-refractivity contribution in [2.75, 3.05) is 6.54 Å². The lowest BCUT2D eigenvalue weighted by Gasteiger charge is -2.26. The first-order chi connectivity index (χ1) is 11.0. The molecular formula is C14H17N3O6. The van der Waals surface area contributed by atoms with E-state index in [1.54, 1.807) is 12.1 Å². The number of ketones is 1. The average Bonchev–Trinajstić information content (AvgIpc) is 3.00. The minimum atomic E-state index is -1.21. The minimum absolute atomic E-state index is 0.0264. The van der Waals surface area contributed by atoms with Crippen molar-refractivity contribution in [1.29, 1.82) is 0 Å². The third kappa shape index (κ3) is 3.50. The Morgan fingerprint density at radius 3 is 2.78 bits per heavy atom. The molecule has 124 valence electrons. The van der Waals surface area contributed by atoms with Crippen LogP contribution in [0.5, 0.6) is 5.75 Å². The molecule has 23 heavy (non-hydrogen) atoms. The Morgan fingerprint density at radius 1 is 1.48 bits per heavy atom. The minimum Gasteiger partial charge on any atom is -0.569 e. The summed E-state index contributed by atoms with van der Waals surface area (Å²) in [6.07, 6.45) is -0.202. The highest BCUT2D eigenvalue weighted by atomic mass is 16.6. The number of hydrogen-bond acceptors (Lipinski definition) is 6. The average molecular weight is 323 g/mol. The fraction of sp³-hybridized carbons (Fsp3) is 0.429. The first kappa shape index (κ1) is 16.5. The number of benzene rings is 1. The van der Waals surface area contributed by atoms with Crippen LogP contribution in [0, 0.1) is 5.21 Å². The zero-order chi connectivity index (χ0) is 17.0. The van der Waals surface area contributed by atoms with Gasteiger partial charge < -0.3 is 20.3 Å². The van der Waals surface area contributed by atoms with E-state index in [4.69, 9.17) is 9.94 Å². The molecule has 1 aromatic rings. The predicted octanol–water partition coefficient (Wildman–Crippen LogP) is 1.24. The molecular weight excluding hydrogens is 306 g/mol. The van der Waals surface area contributed by atoms with E-state index in [-0.39, 0.29) is 22.8 Å². The number of phenolic OH excluding ortho intramolecular Hbond substituents is 1. The van der Waals surface area contributed by atoms with Crippen LogP contribution in [-0.2, 0) is 9.53 Å². The molecule has 9 nitrogen and oxygen atoms in total. The highest BCUT2D eigenvalue weighted by Gasteiger charge is 2.42. The molecule has 1 aliphatic heterocycles. The van der Waals surface area contributed by atoms with E-state index >= 15 is 0 Å². The lowest BCUT2D eigenvalue weighted by atomic mass is 10.1. The number of esters is 1. The van der Waals surface area contributed by atoms with Crippen LogP contribution in [-0.4, -0.2) is 50.7 Å². The summed E-state index contributed by atoms with van der Waals surface area (Å²) in [5.74, 6) is -1.58. The van der Waals surface area contributed by atoms with Crippen molar-refractivity contribution in [3.63, 3.8) is 0 Å². The predicted molar refractivity (Wildman–Crippen MR) is 75.6 cm³/mol. The topological polar surface area (TPSA) is 126 Å². The summed E-state index contributed by atoms with van der Waals surface area (Å²) in [4.78, 5) is 24.0. The van der Waals surface area contributed by atoms with Crippen LogP contribution in [0.3, 0.4) is 0 Å². The van der Waals surface area contributed by atoms with Gasteiger partial charge in [0.05, 0.1) is 11.5 Å². The van der Waals surface area contributed by atoms with Gasteiger partial charge in [-0.15, -0.1) is 5.01 Å². The van der Waals surface area contributed by atoms with Crippen molar-refractivity contribution >= 4 is 11.8 Å². The van der Waals surface area contributed by atoms with Gasteiger partial charge in [-0.25, -0.2) is 4.79 Å². The quantitative estimate of drug-likeness (QED) is 0.361. The van der Waals surface area contributed by atoms with Gasteiger partial charge in [0.15, 0.2) is 11.9 Å². The molecule has 1 aromatic carbocycles. The van der Waals surface area contributed by atoms with Crippen LogP contribution in [0.1, 0.15) is 30.1 Å². The molecule has 0 amide bonds. The van der Waals surface area contributed by atoms with E-state index in [1.807, 2.05) is 0 Å². The van der Waals surface area contributed by atoms with Gasteiger partial charge in [-0.3, -0.25) is 4.79 Å². The fourth-order valence-electron chi connectivity index (χ4n) is 2.61. The summed E-state index contributed by atoms with van der Waals surface area (Å²) >= 11 is 0. The van der Waals surface area contributed by atoms with Gasteiger partial charge in [0.1, 0.15) is 17.4 Å². The van der Waals surface area contributed by atoms with Crippen molar-refractivity contribution in [2.24, 2.45) is 5.28 Å². The zero-order valence-corrected chi connectivity index (χ0v) is 12.5. The molecule has 1 fully saturated rings. The van der Waals surface area contributed by atoms with Crippen LogP contribution in [0.15, 0.2) is 29.5 Å². The number of rotatable bonds is 5. The first-order valence-corrected chi connectivity index (χ1v) is 7.04. The number of para-hydroxylation sites is 1. The maximum Gasteiger partial charge on any atom is 0.342 e. The van der Waals surface area contributed by atoms with Gasteiger partial charge in [0, 0.05) is 0 Å². The molecule has 0 spiro atoms. The smallest absolute Gasteiger partial charge is 0.342 e. The van der Waals surface area contributed by atoms with Crippen molar-refractivity contribution < 1.29 is 29.6 Å². The molecule has 1 heterocycles. The summed E-state index contributed by atoms with van der Waals surface area (Å²) in [5.41, 5.74) is -0.0749. The van der Waals surface area contributed by atoms with E-state index in [0.29, 0.717) is 12.8 Å². The van der Waals surface area contributed by atoms with Gasteiger partial charge in [0.2, 0.25) is 5.28 Å². The lowest BCUT2D eigenvalue weighted by Crippen LogP contribution is -2.47. The van der Waals surface area contributed by atoms with E-state index in [1.165, 1.54) is 19.1 Å². The Hall–Kier alpha value is -2.84. The van der Waals surface area contributed by atoms with Crippen LogP contribution in [0.25, 0.3) is 0 Å². The number of phenols is 1. The Bertz CT molecular complexity index is 633. The Balaban J connectivity index is 2.21.